The molecular formula is C14H10N2O4S. The lowest BCUT2D eigenvalue weighted by Gasteiger charge is -2.05. The molecule has 2 heterocycles. The van der Waals surface area contributed by atoms with Gasteiger partial charge in [-0.15, -0.1) is 11.3 Å². The predicted molar refractivity (Wildman–Crippen MR) is 79.1 cm³/mol. The van der Waals surface area contributed by atoms with E-state index in [0.29, 0.717) is 21.9 Å². The van der Waals surface area contributed by atoms with Gasteiger partial charge in [0.25, 0.3) is 5.91 Å². The molecule has 106 valence electrons. The Hall–Kier alpha value is -2.67. The van der Waals surface area contributed by atoms with Crippen LogP contribution in [0.3, 0.4) is 0 Å². The maximum Gasteiger partial charge on any atom is 0.349 e. The van der Waals surface area contributed by atoms with Crippen molar-refractivity contribution in [2.24, 2.45) is 0 Å². The summed E-state index contributed by atoms with van der Waals surface area (Å²) in [7, 11) is 1.48. The number of aromatic nitrogens is 1. The summed E-state index contributed by atoms with van der Waals surface area (Å²) in [6.07, 6.45) is 1.56. The Morgan fingerprint density at radius 3 is 3.00 bits per heavy atom. The Morgan fingerprint density at radius 1 is 1.43 bits per heavy atom. The van der Waals surface area contributed by atoms with E-state index in [1.807, 2.05) is 0 Å². The molecule has 0 unspecified atom stereocenters. The molecule has 0 fully saturated rings. The van der Waals surface area contributed by atoms with Gasteiger partial charge < -0.3 is 9.15 Å². The van der Waals surface area contributed by atoms with Gasteiger partial charge in [0, 0.05) is 17.0 Å². The van der Waals surface area contributed by atoms with Crippen LogP contribution in [0, 0.1) is 0 Å². The molecule has 0 aliphatic heterocycles. The summed E-state index contributed by atoms with van der Waals surface area (Å²) in [5.74, 6) is -0.111. The first kappa shape index (κ1) is 13.3. The van der Waals surface area contributed by atoms with Crippen LogP contribution in [0.2, 0.25) is 0 Å². The summed E-state index contributed by atoms with van der Waals surface area (Å²) in [5.41, 5.74) is -0.484. The van der Waals surface area contributed by atoms with Crippen LogP contribution >= 0.6 is 11.3 Å². The van der Waals surface area contributed by atoms with Crippen molar-refractivity contribution in [3.8, 4) is 5.75 Å². The minimum atomic E-state index is -0.721. The van der Waals surface area contributed by atoms with E-state index in [4.69, 9.17) is 9.15 Å². The number of hydrogen-bond donors (Lipinski definition) is 1. The number of ether oxygens (including phenoxy) is 1. The Labute approximate surface area is 123 Å². The summed E-state index contributed by atoms with van der Waals surface area (Å²) in [6.45, 7) is 0. The van der Waals surface area contributed by atoms with Crippen LogP contribution in [0.25, 0.3) is 11.0 Å². The van der Waals surface area contributed by atoms with Gasteiger partial charge in [-0.05, 0) is 12.1 Å². The maximum atomic E-state index is 12.1. The van der Waals surface area contributed by atoms with Crippen LogP contribution < -0.4 is 15.7 Å². The van der Waals surface area contributed by atoms with Crippen molar-refractivity contribution in [3.05, 3.63) is 51.8 Å². The van der Waals surface area contributed by atoms with E-state index in [0.717, 1.165) is 0 Å². The molecule has 3 rings (SSSR count). The largest absolute Gasteiger partial charge is 0.493 e. The number of methoxy groups -OCH3 is 1. The monoisotopic (exact) mass is 302 g/mol. The summed E-state index contributed by atoms with van der Waals surface area (Å²) < 4.78 is 10.3. The number of benzene rings is 1. The van der Waals surface area contributed by atoms with Gasteiger partial charge in [-0.1, -0.05) is 12.1 Å². The fourth-order valence-corrected chi connectivity index (χ4v) is 2.41. The molecule has 0 bridgehead atoms. The molecule has 0 saturated carbocycles. The highest BCUT2D eigenvalue weighted by Gasteiger charge is 2.16. The van der Waals surface area contributed by atoms with Crippen LogP contribution in [-0.4, -0.2) is 18.0 Å². The molecule has 0 spiro atoms. The minimum Gasteiger partial charge on any atom is -0.493 e. The van der Waals surface area contributed by atoms with Gasteiger partial charge in [-0.25, -0.2) is 9.78 Å². The molecule has 0 radical (unpaired) electrons. The fraction of sp³-hybridized carbons (Fsp3) is 0.0714. The molecule has 0 atom stereocenters. The van der Waals surface area contributed by atoms with Crippen LogP contribution in [-0.2, 0) is 0 Å². The van der Waals surface area contributed by atoms with Crippen molar-refractivity contribution in [2.45, 2.75) is 0 Å². The number of amides is 1. The maximum absolute atomic E-state index is 12.1. The molecule has 2 aromatic heterocycles. The number of rotatable bonds is 3. The van der Waals surface area contributed by atoms with E-state index in [1.165, 1.54) is 24.5 Å². The zero-order valence-electron chi connectivity index (χ0n) is 11.0. The van der Waals surface area contributed by atoms with Crippen molar-refractivity contribution in [1.29, 1.82) is 0 Å². The van der Waals surface area contributed by atoms with Gasteiger partial charge in [-0.3, -0.25) is 10.1 Å². The molecule has 3 aromatic rings. The van der Waals surface area contributed by atoms with Gasteiger partial charge in [0.05, 0.1) is 7.11 Å². The van der Waals surface area contributed by atoms with E-state index in [1.54, 1.807) is 29.8 Å². The second-order valence-corrected chi connectivity index (χ2v) is 5.01. The number of para-hydroxylation sites is 1. The number of nitrogens with zero attached hydrogens (tertiary/aromatic N) is 1. The first-order chi connectivity index (χ1) is 10.2. The van der Waals surface area contributed by atoms with Crippen LogP contribution in [0.15, 0.2) is 45.1 Å². The van der Waals surface area contributed by atoms with Crippen LogP contribution in [0.4, 0.5) is 5.13 Å². The van der Waals surface area contributed by atoms with Gasteiger partial charge in [0.2, 0.25) is 0 Å². The summed E-state index contributed by atoms with van der Waals surface area (Å²) >= 11 is 1.27. The van der Waals surface area contributed by atoms with E-state index < -0.39 is 11.5 Å². The summed E-state index contributed by atoms with van der Waals surface area (Å²) in [6, 6.07) is 6.65. The van der Waals surface area contributed by atoms with E-state index in [-0.39, 0.29) is 5.56 Å². The minimum absolute atomic E-state index is 0.0778. The average Bonchev–Trinajstić information content (AvgIpc) is 2.98. The first-order valence-electron chi connectivity index (χ1n) is 6.01. The smallest absolute Gasteiger partial charge is 0.349 e. The molecule has 6 nitrogen and oxygen atoms in total. The van der Waals surface area contributed by atoms with Gasteiger partial charge in [0.15, 0.2) is 16.5 Å². The van der Waals surface area contributed by atoms with Crippen molar-refractivity contribution in [1.82, 2.24) is 4.98 Å². The molecule has 7 heteroatoms. The lowest BCUT2D eigenvalue weighted by Crippen LogP contribution is -2.20. The Bertz CT molecular complexity index is 855. The van der Waals surface area contributed by atoms with Gasteiger partial charge in [-0.2, -0.15) is 0 Å². The molecule has 1 aromatic carbocycles. The number of fused-ring (bicyclic) bond motifs is 1. The zero-order valence-corrected chi connectivity index (χ0v) is 11.8. The third kappa shape index (κ3) is 2.50. The molecule has 0 aliphatic carbocycles. The SMILES string of the molecule is COc1cccc2cc(C(=O)Nc3nccs3)c(=O)oc12. The predicted octanol–water partition coefficient (Wildman–Crippen LogP) is 2.51. The number of nitrogens with one attached hydrogen (secondary N) is 1. The third-order valence-electron chi connectivity index (χ3n) is 2.84. The number of carbonyl (C=O) groups excluding carboxylic acids is 1. The summed E-state index contributed by atoms with van der Waals surface area (Å²) in [5, 5.41) is 5.31. The van der Waals surface area contributed by atoms with E-state index >= 15 is 0 Å². The second kappa shape index (κ2) is 5.37. The quantitative estimate of drug-likeness (QED) is 0.752. The molecule has 1 N–H and O–H groups in total. The van der Waals surface area contributed by atoms with Crippen molar-refractivity contribution < 1.29 is 13.9 Å². The first-order valence-corrected chi connectivity index (χ1v) is 6.88. The number of hydrogen-bond acceptors (Lipinski definition) is 6. The molecule has 1 amide bonds. The number of thiazole rings is 1. The third-order valence-corrected chi connectivity index (χ3v) is 3.53. The molecule has 21 heavy (non-hydrogen) atoms. The van der Waals surface area contributed by atoms with Gasteiger partial charge >= 0.3 is 5.63 Å². The zero-order chi connectivity index (χ0) is 14.8. The Balaban J connectivity index is 2.05. The molecular weight excluding hydrogens is 292 g/mol. The van der Waals surface area contributed by atoms with Crippen LogP contribution in [0.1, 0.15) is 10.4 Å². The highest BCUT2D eigenvalue weighted by Crippen LogP contribution is 2.24. The van der Waals surface area contributed by atoms with Crippen molar-refractivity contribution in [3.63, 3.8) is 0 Å². The van der Waals surface area contributed by atoms with E-state index in [2.05, 4.69) is 10.3 Å². The fourth-order valence-electron chi connectivity index (χ4n) is 1.89. The Morgan fingerprint density at radius 2 is 2.29 bits per heavy atom. The second-order valence-electron chi connectivity index (χ2n) is 4.12. The number of carbonyl (C=O) groups is 1. The number of anilines is 1. The highest BCUT2D eigenvalue weighted by molar-refractivity contribution is 7.13. The molecule has 0 saturated heterocycles. The summed E-state index contributed by atoms with van der Waals surface area (Å²) in [4.78, 5) is 28.0. The standard InChI is InChI=1S/C14H10N2O4S/c1-19-10-4-2-3-8-7-9(13(18)20-11(8)10)12(17)16-14-15-5-6-21-14/h2-7H,1H3,(H,15,16,17). The topological polar surface area (TPSA) is 81.4 Å². The van der Waals surface area contributed by atoms with Crippen LogP contribution in [0.5, 0.6) is 5.75 Å². The van der Waals surface area contributed by atoms with E-state index in [9.17, 15) is 9.59 Å². The van der Waals surface area contributed by atoms with Crippen molar-refractivity contribution in [2.75, 3.05) is 12.4 Å². The normalized spacial score (nSPS) is 10.5. The highest BCUT2D eigenvalue weighted by atomic mass is 32.1. The lowest BCUT2D eigenvalue weighted by atomic mass is 10.1. The lowest BCUT2D eigenvalue weighted by molar-refractivity contribution is 0.102. The van der Waals surface area contributed by atoms with Crippen molar-refractivity contribution >= 4 is 33.3 Å². The molecule has 0 aliphatic rings. The average molecular weight is 302 g/mol. The Kier molecular flexibility index (Phi) is 3.41. The van der Waals surface area contributed by atoms with Gasteiger partial charge in [0.1, 0.15) is 5.56 Å².